The van der Waals surface area contributed by atoms with Crippen LogP contribution in [-0.2, 0) is 22.7 Å². The normalized spacial score (nSPS) is 29.9. The van der Waals surface area contributed by atoms with Gasteiger partial charge in [0.25, 0.3) is 0 Å². The van der Waals surface area contributed by atoms with Gasteiger partial charge in [-0.3, -0.25) is 4.57 Å². The number of aryl methyl sites for hydroxylation is 1. The molecular weight excluding hydrogens is 266 g/mol. The Bertz CT molecular complexity index is 567. The Kier molecular flexibility index (Phi) is 3.34. The molecule has 7 heteroatoms. The van der Waals surface area contributed by atoms with Gasteiger partial charge >= 0.3 is 0 Å². The number of aromatic nitrogens is 3. The van der Waals surface area contributed by atoms with E-state index < -0.39 is 16.1 Å². The zero-order chi connectivity index (χ0) is 13.5. The zero-order valence-electron chi connectivity index (χ0n) is 10.8. The van der Waals surface area contributed by atoms with Crippen LogP contribution < -0.4 is 0 Å². The summed E-state index contributed by atoms with van der Waals surface area (Å²) >= 11 is 0. The molecule has 1 fully saturated rings. The van der Waals surface area contributed by atoms with Crippen molar-refractivity contribution in [1.29, 1.82) is 0 Å². The van der Waals surface area contributed by atoms with E-state index in [-0.39, 0.29) is 11.7 Å². The molecule has 106 valence electrons. The van der Waals surface area contributed by atoms with E-state index in [1.807, 2.05) is 0 Å². The first kappa shape index (κ1) is 13.1. The average molecular weight is 285 g/mol. The summed E-state index contributed by atoms with van der Waals surface area (Å²) in [6, 6.07) is 0. The standard InChI is InChI=1S/C12H19N3O3S/c16-12-5-1-4-10-13-14-11(15(10)12)7-9-3-2-6-19(17,18)8-9/h9,12,16H,1-8H2. The van der Waals surface area contributed by atoms with Crippen molar-refractivity contribution in [2.75, 3.05) is 11.5 Å². The summed E-state index contributed by atoms with van der Waals surface area (Å²) in [4.78, 5) is 0. The third-order valence-corrected chi connectivity index (χ3v) is 5.92. The minimum atomic E-state index is -2.89. The molecule has 0 saturated carbocycles. The van der Waals surface area contributed by atoms with Gasteiger partial charge in [-0.25, -0.2) is 8.42 Å². The summed E-state index contributed by atoms with van der Waals surface area (Å²) in [5.74, 6) is 2.23. The Labute approximate surface area is 112 Å². The minimum Gasteiger partial charge on any atom is -0.373 e. The van der Waals surface area contributed by atoms with Crippen molar-refractivity contribution < 1.29 is 13.5 Å². The van der Waals surface area contributed by atoms with Crippen LogP contribution in [0.4, 0.5) is 0 Å². The maximum atomic E-state index is 11.7. The summed E-state index contributed by atoms with van der Waals surface area (Å²) in [5.41, 5.74) is 0. The Balaban J connectivity index is 1.79. The van der Waals surface area contributed by atoms with Crippen LogP contribution in [0.3, 0.4) is 0 Å². The number of hydrogen-bond donors (Lipinski definition) is 1. The number of fused-ring (bicyclic) bond motifs is 1. The molecular formula is C12H19N3O3S. The fourth-order valence-electron chi connectivity index (χ4n) is 3.12. The topological polar surface area (TPSA) is 85.1 Å². The van der Waals surface area contributed by atoms with E-state index in [2.05, 4.69) is 10.2 Å². The van der Waals surface area contributed by atoms with Crippen molar-refractivity contribution in [3.63, 3.8) is 0 Å². The minimum absolute atomic E-state index is 0.112. The van der Waals surface area contributed by atoms with Gasteiger partial charge in [0.05, 0.1) is 11.5 Å². The monoisotopic (exact) mass is 285 g/mol. The Morgan fingerprint density at radius 1 is 1.26 bits per heavy atom. The van der Waals surface area contributed by atoms with Crippen molar-refractivity contribution in [2.24, 2.45) is 5.92 Å². The maximum Gasteiger partial charge on any atom is 0.150 e. The van der Waals surface area contributed by atoms with Crippen LogP contribution in [0, 0.1) is 5.92 Å². The van der Waals surface area contributed by atoms with Crippen molar-refractivity contribution in [1.82, 2.24) is 14.8 Å². The van der Waals surface area contributed by atoms with E-state index in [1.165, 1.54) is 0 Å². The fourth-order valence-corrected chi connectivity index (χ4v) is 4.90. The van der Waals surface area contributed by atoms with Crippen LogP contribution in [-0.4, -0.2) is 39.8 Å². The molecule has 0 bridgehead atoms. The molecule has 0 aromatic carbocycles. The summed E-state index contributed by atoms with van der Waals surface area (Å²) in [6.07, 6.45) is 4.19. The van der Waals surface area contributed by atoms with Gasteiger partial charge in [-0.05, 0) is 31.6 Å². The van der Waals surface area contributed by atoms with Crippen molar-refractivity contribution in [2.45, 2.75) is 44.8 Å². The molecule has 2 atom stereocenters. The van der Waals surface area contributed by atoms with E-state index in [0.29, 0.717) is 12.2 Å². The van der Waals surface area contributed by atoms with E-state index in [9.17, 15) is 13.5 Å². The molecule has 6 nitrogen and oxygen atoms in total. The van der Waals surface area contributed by atoms with Crippen LogP contribution >= 0.6 is 0 Å². The van der Waals surface area contributed by atoms with Crippen molar-refractivity contribution >= 4 is 9.84 Å². The molecule has 0 aliphatic carbocycles. The van der Waals surface area contributed by atoms with Crippen LogP contribution in [0.25, 0.3) is 0 Å². The third kappa shape index (κ3) is 2.67. The van der Waals surface area contributed by atoms with E-state index in [4.69, 9.17) is 0 Å². The maximum absolute atomic E-state index is 11.7. The largest absolute Gasteiger partial charge is 0.373 e. The van der Waals surface area contributed by atoms with Gasteiger partial charge in [0.1, 0.15) is 17.9 Å². The third-order valence-electron chi connectivity index (χ3n) is 4.03. The molecule has 0 amide bonds. The summed E-state index contributed by atoms with van der Waals surface area (Å²) in [6.45, 7) is 0. The number of rotatable bonds is 2. The fraction of sp³-hybridized carbons (Fsp3) is 0.833. The molecule has 3 heterocycles. The molecule has 0 radical (unpaired) electrons. The smallest absolute Gasteiger partial charge is 0.150 e. The highest BCUT2D eigenvalue weighted by molar-refractivity contribution is 7.91. The van der Waals surface area contributed by atoms with E-state index in [1.54, 1.807) is 4.57 Å². The number of aliphatic hydroxyl groups excluding tert-OH is 1. The lowest BCUT2D eigenvalue weighted by Crippen LogP contribution is -2.28. The SMILES string of the molecule is O=S1(=O)CCCC(Cc2nnc3n2C(O)CCC3)C1. The number of sulfone groups is 1. The second kappa shape index (κ2) is 4.86. The van der Waals surface area contributed by atoms with Gasteiger partial charge in [-0.15, -0.1) is 10.2 Å². The summed E-state index contributed by atoms with van der Waals surface area (Å²) in [5, 5.41) is 18.3. The van der Waals surface area contributed by atoms with Crippen LogP contribution in [0.15, 0.2) is 0 Å². The highest BCUT2D eigenvalue weighted by Crippen LogP contribution is 2.27. The highest BCUT2D eigenvalue weighted by Gasteiger charge is 2.29. The van der Waals surface area contributed by atoms with Gasteiger partial charge in [0.2, 0.25) is 0 Å². The van der Waals surface area contributed by atoms with E-state index in [0.717, 1.165) is 43.8 Å². The Morgan fingerprint density at radius 3 is 2.89 bits per heavy atom. The van der Waals surface area contributed by atoms with Gasteiger partial charge in [-0.2, -0.15) is 0 Å². The molecule has 2 aliphatic heterocycles. The van der Waals surface area contributed by atoms with Crippen LogP contribution in [0.1, 0.15) is 43.6 Å². The number of hydrogen-bond acceptors (Lipinski definition) is 5. The van der Waals surface area contributed by atoms with Gasteiger partial charge in [0, 0.05) is 12.8 Å². The van der Waals surface area contributed by atoms with Gasteiger partial charge < -0.3 is 5.11 Å². The molecule has 0 spiro atoms. The van der Waals surface area contributed by atoms with Gasteiger partial charge in [-0.1, -0.05) is 0 Å². The molecule has 2 aliphatic rings. The summed E-state index contributed by atoms with van der Waals surface area (Å²) < 4.78 is 25.1. The first-order chi connectivity index (χ1) is 9.05. The van der Waals surface area contributed by atoms with Crippen LogP contribution in [0.5, 0.6) is 0 Å². The first-order valence-electron chi connectivity index (χ1n) is 6.86. The molecule has 1 aromatic rings. The molecule has 19 heavy (non-hydrogen) atoms. The highest BCUT2D eigenvalue weighted by atomic mass is 32.2. The molecule has 1 aromatic heterocycles. The lowest BCUT2D eigenvalue weighted by molar-refractivity contribution is 0.0743. The second-order valence-electron chi connectivity index (χ2n) is 5.60. The Morgan fingerprint density at radius 2 is 2.11 bits per heavy atom. The number of aliphatic hydroxyl groups is 1. The molecule has 2 unspecified atom stereocenters. The molecule has 1 saturated heterocycles. The quantitative estimate of drug-likeness (QED) is 0.854. The summed E-state index contributed by atoms with van der Waals surface area (Å²) in [7, 11) is -2.89. The Hall–Kier alpha value is -0.950. The zero-order valence-corrected chi connectivity index (χ0v) is 11.6. The first-order valence-corrected chi connectivity index (χ1v) is 8.68. The lowest BCUT2D eigenvalue weighted by Gasteiger charge is -2.24. The van der Waals surface area contributed by atoms with Crippen LogP contribution in [0.2, 0.25) is 0 Å². The number of nitrogens with zero attached hydrogens (tertiary/aromatic N) is 3. The molecule has 3 rings (SSSR count). The predicted molar refractivity (Wildman–Crippen MR) is 69.3 cm³/mol. The predicted octanol–water partition coefficient (Wildman–Crippen LogP) is 0.473. The molecule has 1 N–H and O–H groups in total. The van der Waals surface area contributed by atoms with Gasteiger partial charge in [0.15, 0.2) is 9.84 Å². The van der Waals surface area contributed by atoms with E-state index >= 15 is 0 Å². The van der Waals surface area contributed by atoms with Crippen molar-refractivity contribution in [3.05, 3.63) is 11.6 Å². The second-order valence-corrected chi connectivity index (χ2v) is 7.83. The average Bonchev–Trinajstić information content (AvgIpc) is 2.72. The van der Waals surface area contributed by atoms with Crippen molar-refractivity contribution in [3.8, 4) is 0 Å². The lowest BCUT2D eigenvalue weighted by atomic mass is 10.0.